The molecule has 4 N–H and O–H groups in total. The Labute approximate surface area is 110 Å². The first-order chi connectivity index (χ1) is 9.06. The van der Waals surface area contributed by atoms with Gasteiger partial charge in [-0.15, -0.1) is 0 Å². The molecule has 0 saturated heterocycles. The van der Waals surface area contributed by atoms with E-state index in [1.54, 1.807) is 24.3 Å². The minimum absolute atomic E-state index is 0.0298. The van der Waals surface area contributed by atoms with Crippen LogP contribution in [0.25, 0.3) is 0 Å². The number of aromatic nitrogens is 2. The molecular formula is C11H14N4O3S. The third-order valence-electron chi connectivity index (χ3n) is 2.49. The highest BCUT2D eigenvalue weighted by Crippen LogP contribution is 2.21. The highest BCUT2D eigenvalue weighted by atomic mass is 32.2. The summed E-state index contributed by atoms with van der Waals surface area (Å²) in [5.41, 5.74) is 6.28. The first-order valence-corrected chi connectivity index (χ1v) is 6.94. The molecule has 1 aromatic carbocycles. The molecule has 0 radical (unpaired) electrons. The summed E-state index contributed by atoms with van der Waals surface area (Å²) in [6.45, 7) is 0.0881. The van der Waals surface area contributed by atoms with Crippen LogP contribution in [0, 0.1) is 0 Å². The fourth-order valence-corrected chi connectivity index (χ4v) is 2.76. The summed E-state index contributed by atoms with van der Waals surface area (Å²) >= 11 is 0. The topological polar surface area (TPSA) is 110 Å². The molecule has 0 fully saturated rings. The number of H-pyrrole nitrogens is 1. The molecular weight excluding hydrogens is 268 g/mol. The molecule has 0 atom stereocenters. The normalized spacial score (nSPS) is 11.3. The smallest absolute Gasteiger partial charge is 0.279 e. The Kier molecular flexibility index (Phi) is 3.72. The van der Waals surface area contributed by atoms with Gasteiger partial charge in [0.15, 0.2) is 5.03 Å². The number of nitrogens with two attached hydrogens (primary N) is 1. The fourth-order valence-electron chi connectivity index (χ4n) is 1.57. The number of aromatic amines is 1. The summed E-state index contributed by atoms with van der Waals surface area (Å²) in [6.07, 6.45) is 1.39. The van der Waals surface area contributed by atoms with E-state index in [4.69, 9.17) is 10.5 Å². The molecule has 0 saturated carbocycles. The van der Waals surface area contributed by atoms with Gasteiger partial charge < -0.3 is 10.5 Å². The highest BCUT2D eigenvalue weighted by Gasteiger charge is 2.20. The van der Waals surface area contributed by atoms with Crippen molar-refractivity contribution in [1.82, 2.24) is 10.2 Å². The van der Waals surface area contributed by atoms with Crippen molar-refractivity contribution in [3.8, 4) is 5.75 Å². The summed E-state index contributed by atoms with van der Waals surface area (Å²) in [5.74, 6) is 0.559. The van der Waals surface area contributed by atoms with E-state index < -0.39 is 10.0 Å². The molecule has 0 unspecified atom stereocenters. The number of nitrogens with one attached hydrogen (secondary N) is 2. The third kappa shape index (κ3) is 2.85. The Hall–Kier alpha value is -2.06. The Morgan fingerprint density at radius 1 is 1.47 bits per heavy atom. The van der Waals surface area contributed by atoms with E-state index in [-0.39, 0.29) is 11.6 Å². The Morgan fingerprint density at radius 3 is 2.95 bits per heavy atom. The number of hydrogen-bond donors (Lipinski definition) is 3. The molecule has 0 spiro atoms. The molecule has 102 valence electrons. The van der Waals surface area contributed by atoms with Crippen LogP contribution in [0.5, 0.6) is 5.75 Å². The average molecular weight is 282 g/mol. The van der Waals surface area contributed by atoms with Crippen molar-refractivity contribution in [3.05, 3.63) is 36.0 Å². The molecule has 1 aromatic heterocycles. The lowest BCUT2D eigenvalue weighted by Crippen LogP contribution is -2.16. The quantitative estimate of drug-likeness (QED) is 0.747. The van der Waals surface area contributed by atoms with Gasteiger partial charge in [-0.3, -0.25) is 9.82 Å². The summed E-state index contributed by atoms with van der Waals surface area (Å²) < 4.78 is 31.8. The van der Waals surface area contributed by atoms with Crippen molar-refractivity contribution in [2.24, 2.45) is 5.73 Å². The number of nitrogens with zero attached hydrogens (tertiary/aromatic N) is 1. The van der Waals surface area contributed by atoms with Gasteiger partial charge >= 0.3 is 0 Å². The number of sulfonamides is 1. The zero-order chi connectivity index (χ0) is 13.9. The monoisotopic (exact) mass is 282 g/mol. The fraction of sp³-hybridized carbons (Fsp3) is 0.182. The van der Waals surface area contributed by atoms with E-state index in [2.05, 4.69) is 14.9 Å². The van der Waals surface area contributed by atoms with E-state index in [1.165, 1.54) is 13.3 Å². The lowest BCUT2D eigenvalue weighted by molar-refractivity contribution is 0.415. The van der Waals surface area contributed by atoms with Crippen molar-refractivity contribution >= 4 is 15.7 Å². The standard InChI is InChI=1S/C11H14N4O3S/c1-18-10-4-2-3-9(5-10)15-19(16,17)11-8(6-12)7-13-14-11/h2-5,7,15H,6,12H2,1H3,(H,13,14). The second-order valence-electron chi connectivity index (χ2n) is 3.77. The van der Waals surface area contributed by atoms with Gasteiger partial charge in [0.05, 0.1) is 19.0 Å². The van der Waals surface area contributed by atoms with Crippen LogP contribution in [0.15, 0.2) is 35.5 Å². The Balaban J connectivity index is 2.31. The van der Waals surface area contributed by atoms with E-state index in [0.717, 1.165) is 0 Å². The van der Waals surface area contributed by atoms with Crippen molar-refractivity contribution in [1.29, 1.82) is 0 Å². The molecule has 0 aliphatic carbocycles. The van der Waals surface area contributed by atoms with Gasteiger partial charge in [0.2, 0.25) is 0 Å². The van der Waals surface area contributed by atoms with Gasteiger partial charge in [-0.25, -0.2) is 0 Å². The van der Waals surface area contributed by atoms with E-state index >= 15 is 0 Å². The lowest BCUT2D eigenvalue weighted by Gasteiger charge is -2.08. The molecule has 8 heteroatoms. The molecule has 0 amide bonds. The van der Waals surface area contributed by atoms with Crippen LogP contribution in [0.2, 0.25) is 0 Å². The lowest BCUT2D eigenvalue weighted by atomic mass is 10.3. The van der Waals surface area contributed by atoms with Gasteiger partial charge in [-0.2, -0.15) is 13.5 Å². The maximum absolute atomic E-state index is 12.2. The van der Waals surface area contributed by atoms with Crippen molar-refractivity contribution in [2.75, 3.05) is 11.8 Å². The minimum Gasteiger partial charge on any atom is -0.497 e. The first kappa shape index (κ1) is 13.4. The minimum atomic E-state index is -3.74. The molecule has 1 heterocycles. The van der Waals surface area contributed by atoms with E-state index in [0.29, 0.717) is 17.0 Å². The predicted octanol–water partition coefficient (Wildman–Crippen LogP) is 0.678. The summed E-state index contributed by atoms with van der Waals surface area (Å²) in [7, 11) is -2.23. The number of rotatable bonds is 5. The van der Waals surface area contributed by atoms with Crippen LogP contribution in [0.1, 0.15) is 5.56 Å². The van der Waals surface area contributed by atoms with Gasteiger partial charge in [0.1, 0.15) is 5.75 Å². The maximum Gasteiger partial charge on any atom is 0.279 e. The van der Waals surface area contributed by atoms with Gasteiger partial charge in [0, 0.05) is 18.2 Å². The van der Waals surface area contributed by atoms with Crippen molar-refractivity contribution < 1.29 is 13.2 Å². The molecule has 0 aliphatic heterocycles. The SMILES string of the molecule is COc1cccc(NS(=O)(=O)c2[nH]ncc2CN)c1. The number of ether oxygens (including phenoxy) is 1. The van der Waals surface area contributed by atoms with Crippen LogP contribution >= 0.6 is 0 Å². The molecule has 2 rings (SSSR count). The molecule has 7 nitrogen and oxygen atoms in total. The van der Waals surface area contributed by atoms with Crippen LogP contribution in [0.3, 0.4) is 0 Å². The summed E-state index contributed by atoms with van der Waals surface area (Å²) in [4.78, 5) is 0. The van der Waals surface area contributed by atoms with Crippen LogP contribution in [0.4, 0.5) is 5.69 Å². The number of benzene rings is 1. The largest absolute Gasteiger partial charge is 0.497 e. The number of methoxy groups -OCH3 is 1. The van der Waals surface area contributed by atoms with Crippen LogP contribution in [-0.2, 0) is 16.6 Å². The summed E-state index contributed by atoms with van der Waals surface area (Å²) in [5, 5.41) is 6.09. The van der Waals surface area contributed by atoms with Gasteiger partial charge in [-0.1, -0.05) is 6.07 Å². The van der Waals surface area contributed by atoms with E-state index in [9.17, 15) is 8.42 Å². The zero-order valence-corrected chi connectivity index (χ0v) is 11.1. The number of anilines is 1. The van der Waals surface area contributed by atoms with Gasteiger partial charge in [0.25, 0.3) is 10.0 Å². The van der Waals surface area contributed by atoms with Crippen LogP contribution < -0.4 is 15.2 Å². The van der Waals surface area contributed by atoms with E-state index in [1.807, 2.05) is 0 Å². The molecule has 0 bridgehead atoms. The summed E-state index contributed by atoms with van der Waals surface area (Å²) in [6, 6.07) is 6.61. The molecule has 2 aromatic rings. The van der Waals surface area contributed by atoms with Gasteiger partial charge in [-0.05, 0) is 12.1 Å². The molecule has 0 aliphatic rings. The first-order valence-electron chi connectivity index (χ1n) is 5.46. The van der Waals surface area contributed by atoms with Crippen LogP contribution in [-0.4, -0.2) is 25.7 Å². The Morgan fingerprint density at radius 2 is 2.26 bits per heavy atom. The van der Waals surface area contributed by atoms with Crippen molar-refractivity contribution in [3.63, 3.8) is 0 Å². The molecule has 19 heavy (non-hydrogen) atoms. The number of hydrogen-bond acceptors (Lipinski definition) is 5. The zero-order valence-electron chi connectivity index (χ0n) is 10.3. The third-order valence-corrected chi connectivity index (χ3v) is 3.88. The average Bonchev–Trinajstić information content (AvgIpc) is 2.87. The second kappa shape index (κ2) is 5.29. The second-order valence-corrected chi connectivity index (χ2v) is 5.39. The predicted molar refractivity (Wildman–Crippen MR) is 70.3 cm³/mol. The van der Waals surface area contributed by atoms with Crippen molar-refractivity contribution in [2.45, 2.75) is 11.6 Å². The Bertz CT molecular complexity index is 666. The maximum atomic E-state index is 12.2. The highest BCUT2D eigenvalue weighted by molar-refractivity contribution is 7.92.